The van der Waals surface area contributed by atoms with Crippen molar-refractivity contribution >= 4 is 40.3 Å². The molecule has 0 bridgehead atoms. The molecule has 0 aromatic carbocycles. The summed E-state index contributed by atoms with van der Waals surface area (Å²) in [4.78, 5) is 50.6. The van der Waals surface area contributed by atoms with Gasteiger partial charge in [0.2, 0.25) is 0 Å². The van der Waals surface area contributed by atoms with E-state index in [2.05, 4.69) is 55.3 Å². The summed E-state index contributed by atoms with van der Waals surface area (Å²) in [5, 5.41) is 0. The Kier molecular flexibility index (Phi) is 17.8. The first-order valence-electron chi connectivity index (χ1n) is 14.7. The van der Waals surface area contributed by atoms with Gasteiger partial charge in [0, 0.05) is 0 Å². The predicted molar refractivity (Wildman–Crippen MR) is 162 cm³/mol. The van der Waals surface area contributed by atoms with Crippen molar-refractivity contribution < 1.29 is 38.1 Å². The molecular weight excluding hydrogens is 548 g/mol. The minimum atomic E-state index is -2.04. The van der Waals surface area contributed by atoms with Gasteiger partial charge in [0.05, 0.1) is 39.3 Å². The maximum atomic E-state index is 13.0. The zero-order valence-electron chi connectivity index (χ0n) is 27.0. The van der Waals surface area contributed by atoms with Gasteiger partial charge < -0.3 is 28.1 Å². The van der Waals surface area contributed by atoms with Crippen LogP contribution in [-0.4, -0.2) is 101 Å². The topological polar surface area (TPSA) is 112 Å². The van der Waals surface area contributed by atoms with Crippen molar-refractivity contribution in [2.45, 2.75) is 112 Å². The molecular formula is C28H56N2O8Si2. The second-order valence-electron chi connectivity index (χ2n) is 12.0. The van der Waals surface area contributed by atoms with E-state index < -0.39 is 52.4 Å². The Balaban J connectivity index is 5.74. The largest absolute Gasteiger partial charge is 0.466 e. The second kappa shape index (κ2) is 18.6. The molecule has 0 aliphatic carbocycles. The fraction of sp³-hybridized carbons (Fsp3) is 0.857. The highest BCUT2D eigenvalue weighted by Crippen LogP contribution is 2.24. The van der Waals surface area contributed by atoms with E-state index in [-0.39, 0.29) is 45.2 Å². The van der Waals surface area contributed by atoms with Crippen molar-refractivity contribution in [3.8, 4) is 0 Å². The number of hydrogen-bond acceptors (Lipinski definition) is 10. The van der Waals surface area contributed by atoms with Crippen molar-refractivity contribution in [2.75, 3.05) is 39.5 Å². The highest BCUT2D eigenvalue weighted by Gasteiger charge is 2.39. The van der Waals surface area contributed by atoms with Gasteiger partial charge in [-0.1, -0.05) is 46.2 Å². The third-order valence-corrected chi connectivity index (χ3v) is 11.0. The third kappa shape index (κ3) is 14.2. The highest BCUT2D eigenvalue weighted by molar-refractivity contribution is 6.74. The standard InChI is InChI=1S/C28H56N2O8Si2/c1-12-35-25(31)19-23(27(33)37-14-3)29(39(6,7)8)18-16-17-22(5)21-30(40(9,10)11)24(28(34)38-15-4)20-26(32)36-13-2/h22-24H,12-21H2,1-11H3. The number of rotatable bonds is 20. The molecule has 0 heterocycles. The average molecular weight is 605 g/mol. The van der Waals surface area contributed by atoms with E-state index >= 15 is 0 Å². The van der Waals surface area contributed by atoms with E-state index in [1.807, 2.05) is 0 Å². The van der Waals surface area contributed by atoms with Crippen molar-refractivity contribution in [3.63, 3.8) is 0 Å². The van der Waals surface area contributed by atoms with Crippen LogP contribution in [0.1, 0.15) is 60.3 Å². The van der Waals surface area contributed by atoms with Gasteiger partial charge in [-0.25, -0.2) is 0 Å². The van der Waals surface area contributed by atoms with Gasteiger partial charge >= 0.3 is 23.9 Å². The molecule has 0 spiro atoms. The molecule has 0 saturated heterocycles. The van der Waals surface area contributed by atoms with Gasteiger partial charge in [0.25, 0.3) is 0 Å². The van der Waals surface area contributed by atoms with Crippen LogP contribution in [0.3, 0.4) is 0 Å². The molecule has 0 saturated carbocycles. The summed E-state index contributed by atoms with van der Waals surface area (Å²) in [6.45, 7) is 24.4. The van der Waals surface area contributed by atoms with Crippen LogP contribution < -0.4 is 0 Å². The van der Waals surface area contributed by atoms with Crippen LogP contribution in [0.15, 0.2) is 0 Å². The Morgan fingerprint density at radius 3 is 1.35 bits per heavy atom. The molecule has 3 unspecified atom stereocenters. The van der Waals surface area contributed by atoms with Gasteiger partial charge in [-0.05, 0) is 59.5 Å². The first-order valence-corrected chi connectivity index (χ1v) is 21.6. The molecule has 12 heteroatoms. The minimum absolute atomic E-state index is 0.0367. The Morgan fingerprint density at radius 2 is 1.00 bits per heavy atom. The summed E-state index contributed by atoms with van der Waals surface area (Å²) >= 11 is 0. The zero-order chi connectivity index (χ0) is 31.1. The number of nitrogens with zero attached hydrogens (tertiary/aromatic N) is 2. The molecule has 0 fully saturated rings. The Bertz CT molecular complexity index is 798. The fourth-order valence-corrected chi connectivity index (χ4v) is 8.69. The van der Waals surface area contributed by atoms with Crippen LogP contribution in [-0.2, 0) is 38.1 Å². The number of hydrogen-bond donors (Lipinski definition) is 0. The molecule has 0 N–H and O–H groups in total. The number of esters is 4. The smallest absolute Gasteiger partial charge is 0.323 e. The fourth-order valence-electron chi connectivity index (χ4n) is 4.74. The molecule has 0 radical (unpaired) electrons. The molecule has 0 aliphatic rings. The van der Waals surface area contributed by atoms with Crippen LogP contribution >= 0.6 is 0 Å². The normalized spacial score (nSPS) is 14.4. The number of carbonyl (C=O) groups is 4. The summed E-state index contributed by atoms with van der Waals surface area (Å²) in [6, 6.07) is -1.37. The molecule has 0 aliphatic heterocycles. The molecule has 10 nitrogen and oxygen atoms in total. The molecule has 0 aromatic heterocycles. The second-order valence-corrected chi connectivity index (χ2v) is 21.8. The lowest BCUT2D eigenvalue weighted by Crippen LogP contribution is -2.57. The average Bonchev–Trinajstić information content (AvgIpc) is 2.82. The minimum Gasteiger partial charge on any atom is -0.466 e. The Morgan fingerprint density at radius 1 is 0.625 bits per heavy atom. The molecule has 0 rings (SSSR count). The molecule has 234 valence electrons. The summed E-state index contributed by atoms with van der Waals surface area (Å²) in [6.07, 6.45) is 1.56. The lowest BCUT2D eigenvalue weighted by Gasteiger charge is -2.41. The van der Waals surface area contributed by atoms with E-state index in [9.17, 15) is 19.2 Å². The van der Waals surface area contributed by atoms with Gasteiger partial charge in [-0.2, -0.15) is 0 Å². The molecule has 3 atom stereocenters. The van der Waals surface area contributed by atoms with E-state index in [1.54, 1.807) is 27.7 Å². The summed E-state index contributed by atoms with van der Waals surface area (Å²) in [5.41, 5.74) is 0. The van der Waals surface area contributed by atoms with Gasteiger partial charge in [-0.3, -0.25) is 19.2 Å². The van der Waals surface area contributed by atoms with Crippen molar-refractivity contribution in [2.24, 2.45) is 5.92 Å². The first-order chi connectivity index (χ1) is 18.5. The number of carbonyl (C=O) groups excluding carboxylic acids is 4. The van der Waals surface area contributed by atoms with Crippen LogP contribution in [0.25, 0.3) is 0 Å². The lowest BCUT2D eigenvalue weighted by atomic mass is 10.0. The van der Waals surface area contributed by atoms with Gasteiger partial charge in [0.1, 0.15) is 28.6 Å². The third-order valence-electron chi connectivity index (χ3n) is 6.53. The molecule has 0 amide bonds. The van der Waals surface area contributed by atoms with Gasteiger partial charge in [0.15, 0.2) is 0 Å². The van der Waals surface area contributed by atoms with E-state index in [1.165, 1.54) is 0 Å². The van der Waals surface area contributed by atoms with Crippen molar-refractivity contribution in [1.82, 2.24) is 9.13 Å². The predicted octanol–water partition coefficient (Wildman–Crippen LogP) is 4.45. The number of ether oxygens (including phenoxy) is 4. The van der Waals surface area contributed by atoms with Crippen molar-refractivity contribution in [3.05, 3.63) is 0 Å². The van der Waals surface area contributed by atoms with Crippen LogP contribution in [0.2, 0.25) is 39.3 Å². The maximum absolute atomic E-state index is 13.0. The molecule has 0 aromatic rings. The summed E-state index contributed by atoms with van der Waals surface area (Å²) < 4.78 is 25.4. The maximum Gasteiger partial charge on any atom is 0.323 e. The van der Waals surface area contributed by atoms with E-state index in [0.717, 1.165) is 12.8 Å². The van der Waals surface area contributed by atoms with Crippen LogP contribution in [0.5, 0.6) is 0 Å². The highest BCUT2D eigenvalue weighted by atomic mass is 28.3. The lowest BCUT2D eigenvalue weighted by molar-refractivity contribution is -0.154. The first kappa shape index (κ1) is 38.2. The summed E-state index contributed by atoms with van der Waals surface area (Å²) in [7, 11) is -4.07. The molecule has 40 heavy (non-hydrogen) atoms. The Hall–Kier alpha value is -1.77. The van der Waals surface area contributed by atoms with Crippen LogP contribution in [0.4, 0.5) is 0 Å². The monoisotopic (exact) mass is 604 g/mol. The Labute approximate surface area is 244 Å². The van der Waals surface area contributed by atoms with E-state index in [0.29, 0.717) is 13.1 Å². The van der Waals surface area contributed by atoms with Crippen molar-refractivity contribution in [1.29, 1.82) is 0 Å². The van der Waals surface area contributed by atoms with E-state index in [4.69, 9.17) is 18.9 Å². The van der Waals surface area contributed by atoms with Gasteiger partial charge in [-0.15, -0.1) is 0 Å². The zero-order valence-corrected chi connectivity index (χ0v) is 29.0. The summed E-state index contributed by atoms with van der Waals surface area (Å²) in [5.74, 6) is -1.40. The quantitative estimate of drug-likeness (QED) is 0.112. The SMILES string of the molecule is CCOC(=O)CC(C(=O)OCC)N(CCCC(C)CN(C(CC(=O)OCC)C(=O)OCC)[Si](C)(C)C)[Si](C)(C)C. The van der Waals surface area contributed by atoms with Crippen LogP contribution in [0, 0.1) is 5.92 Å².